The van der Waals surface area contributed by atoms with E-state index in [0.717, 1.165) is 22.8 Å². The van der Waals surface area contributed by atoms with Crippen molar-refractivity contribution >= 4 is 33.8 Å². The van der Waals surface area contributed by atoms with Crippen LogP contribution < -0.4 is 5.32 Å². The number of rotatable bonds is 3. The summed E-state index contributed by atoms with van der Waals surface area (Å²) < 4.78 is 26.1. The Morgan fingerprint density at radius 1 is 1.41 bits per heavy atom. The van der Waals surface area contributed by atoms with E-state index in [9.17, 15) is 8.42 Å². The Bertz CT molecular complexity index is 494. The Kier molecular flexibility index (Phi) is 4.60. The lowest BCUT2D eigenvalue weighted by Crippen LogP contribution is -2.57. The molecule has 0 spiro atoms. The second-order valence-electron chi connectivity index (χ2n) is 4.11. The molecule has 0 amide bonds. The van der Waals surface area contributed by atoms with Crippen LogP contribution in [0.1, 0.15) is 9.75 Å². The number of nitrogens with one attached hydrogen (secondary N) is 1. The fraction of sp³-hybridized carbons (Fsp3) is 0.600. The molecule has 1 fully saturated rings. The highest BCUT2D eigenvalue weighted by Crippen LogP contribution is 2.28. The van der Waals surface area contributed by atoms with Crippen molar-refractivity contribution in [2.75, 3.05) is 20.1 Å². The summed E-state index contributed by atoms with van der Waals surface area (Å²) in [5.74, 6) is 0. The standard InChI is InChI=1S/C10H16N2O2S2.ClH/c1-7-4-10(8(2)15-7)16(13,14)12(3)9-5-11-6-9;/h4,9,11H,5-6H2,1-3H3;1H. The van der Waals surface area contributed by atoms with Gasteiger partial charge in [0.05, 0.1) is 4.90 Å². The van der Waals surface area contributed by atoms with E-state index in [2.05, 4.69) is 5.32 Å². The first-order chi connectivity index (χ1) is 7.43. The molecule has 17 heavy (non-hydrogen) atoms. The Morgan fingerprint density at radius 2 is 2.00 bits per heavy atom. The first-order valence-corrected chi connectivity index (χ1v) is 7.44. The first-order valence-electron chi connectivity index (χ1n) is 5.18. The maximum absolute atomic E-state index is 12.3. The minimum absolute atomic E-state index is 0. The lowest BCUT2D eigenvalue weighted by molar-refractivity contribution is 0.274. The van der Waals surface area contributed by atoms with Gasteiger partial charge in [-0.25, -0.2) is 8.42 Å². The molecule has 0 atom stereocenters. The van der Waals surface area contributed by atoms with Crippen LogP contribution in [0, 0.1) is 13.8 Å². The normalized spacial score (nSPS) is 16.7. The summed E-state index contributed by atoms with van der Waals surface area (Å²) >= 11 is 1.53. The third kappa shape index (κ3) is 2.66. The van der Waals surface area contributed by atoms with Crippen LogP contribution in [0.4, 0.5) is 0 Å². The molecule has 0 bridgehead atoms. The molecule has 98 valence electrons. The lowest BCUT2D eigenvalue weighted by Gasteiger charge is -2.34. The highest BCUT2D eigenvalue weighted by Gasteiger charge is 2.33. The van der Waals surface area contributed by atoms with Gasteiger partial charge in [-0.15, -0.1) is 23.7 Å². The van der Waals surface area contributed by atoms with Gasteiger partial charge in [0, 0.05) is 35.9 Å². The van der Waals surface area contributed by atoms with Gasteiger partial charge in [-0.1, -0.05) is 0 Å². The number of hydrogen-bond acceptors (Lipinski definition) is 4. The zero-order valence-electron chi connectivity index (χ0n) is 10.1. The highest BCUT2D eigenvalue weighted by atomic mass is 35.5. The molecule has 0 radical (unpaired) electrons. The number of likely N-dealkylation sites (N-methyl/N-ethyl adjacent to an activating group) is 1. The zero-order chi connectivity index (χ0) is 11.9. The minimum atomic E-state index is -3.31. The minimum Gasteiger partial charge on any atom is -0.313 e. The van der Waals surface area contributed by atoms with Crippen molar-refractivity contribution in [2.24, 2.45) is 0 Å². The summed E-state index contributed by atoms with van der Waals surface area (Å²) in [7, 11) is -1.65. The van der Waals surface area contributed by atoms with Crippen LogP contribution in [0.25, 0.3) is 0 Å². The van der Waals surface area contributed by atoms with Crippen LogP contribution in [0.15, 0.2) is 11.0 Å². The van der Waals surface area contributed by atoms with E-state index in [4.69, 9.17) is 0 Å². The fourth-order valence-corrected chi connectivity index (χ4v) is 4.62. The number of thiophene rings is 1. The fourth-order valence-electron chi connectivity index (χ4n) is 1.75. The van der Waals surface area contributed by atoms with E-state index in [1.165, 1.54) is 15.6 Å². The lowest BCUT2D eigenvalue weighted by atomic mass is 10.2. The quantitative estimate of drug-likeness (QED) is 0.917. The number of aryl methyl sites for hydroxylation is 2. The third-order valence-corrected chi connectivity index (χ3v) is 6.06. The van der Waals surface area contributed by atoms with Gasteiger partial charge >= 0.3 is 0 Å². The van der Waals surface area contributed by atoms with Gasteiger partial charge in [0.25, 0.3) is 0 Å². The van der Waals surface area contributed by atoms with Gasteiger partial charge in [-0.3, -0.25) is 0 Å². The Labute approximate surface area is 112 Å². The molecule has 4 nitrogen and oxygen atoms in total. The van der Waals surface area contributed by atoms with Crippen LogP contribution in [-0.4, -0.2) is 38.9 Å². The van der Waals surface area contributed by atoms with Gasteiger partial charge in [0.15, 0.2) is 0 Å². The van der Waals surface area contributed by atoms with Crippen LogP contribution in [0.3, 0.4) is 0 Å². The second kappa shape index (κ2) is 5.24. The SMILES string of the molecule is Cc1cc(S(=O)(=O)N(C)C2CNC2)c(C)s1.Cl. The average Bonchev–Trinajstić information content (AvgIpc) is 2.42. The molecule has 1 aliphatic heterocycles. The monoisotopic (exact) mass is 296 g/mol. The maximum atomic E-state index is 12.3. The van der Waals surface area contributed by atoms with Crippen LogP contribution in [0.2, 0.25) is 0 Å². The number of sulfonamides is 1. The molecule has 0 aliphatic carbocycles. The summed E-state index contributed by atoms with van der Waals surface area (Å²) in [6.07, 6.45) is 0. The third-order valence-electron chi connectivity index (χ3n) is 2.93. The molecule has 7 heteroatoms. The van der Waals surface area contributed by atoms with E-state index >= 15 is 0 Å². The van der Waals surface area contributed by atoms with Gasteiger partial charge < -0.3 is 5.32 Å². The molecule has 0 saturated carbocycles. The van der Waals surface area contributed by atoms with Crippen molar-refractivity contribution in [3.05, 3.63) is 15.8 Å². The topological polar surface area (TPSA) is 49.4 Å². The summed E-state index contributed by atoms with van der Waals surface area (Å²) in [4.78, 5) is 2.37. The molecule has 1 saturated heterocycles. The van der Waals surface area contributed by atoms with E-state index in [1.807, 2.05) is 13.8 Å². The molecular formula is C10H17ClN2O2S2. The summed E-state index contributed by atoms with van der Waals surface area (Å²) in [6, 6.07) is 1.86. The summed E-state index contributed by atoms with van der Waals surface area (Å²) in [5.41, 5.74) is 0. The molecular weight excluding hydrogens is 280 g/mol. The number of hydrogen-bond donors (Lipinski definition) is 1. The van der Waals surface area contributed by atoms with Crippen LogP contribution >= 0.6 is 23.7 Å². The summed E-state index contributed by atoms with van der Waals surface area (Å²) in [5, 5.41) is 3.08. The molecule has 0 aromatic carbocycles. The maximum Gasteiger partial charge on any atom is 0.244 e. The van der Waals surface area contributed by atoms with Crippen molar-refractivity contribution in [3.63, 3.8) is 0 Å². The molecule has 2 rings (SSSR count). The van der Waals surface area contributed by atoms with Gasteiger partial charge in [0.2, 0.25) is 10.0 Å². The molecule has 1 aromatic heterocycles. The number of nitrogens with zero attached hydrogens (tertiary/aromatic N) is 1. The van der Waals surface area contributed by atoms with Gasteiger partial charge in [0.1, 0.15) is 0 Å². The highest BCUT2D eigenvalue weighted by molar-refractivity contribution is 7.89. The largest absolute Gasteiger partial charge is 0.313 e. The summed E-state index contributed by atoms with van der Waals surface area (Å²) in [6.45, 7) is 5.29. The van der Waals surface area contributed by atoms with E-state index in [0.29, 0.717) is 4.90 Å². The molecule has 1 N–H and O–H groups in total. The van der Waals surface area contributed by atoms with Crippen molar-refractivity contribution in [2.45, 2.75) is 24.8 Å². The van der Waals surface area contributed by atoms with E-state index in [1.54, 1.807) is 13.1 Å². The molecule has 0 unspecified atom stereocenters. The molecule has 1 aliphatic rings. The molecule has 1 aromatic rings. The second-order valence-corrected chi connectivity index (χ2v) is 7.54. The average molecular weight is 297 g/mol. The predicted octanol–water partition coefficient (Wildman–Crippen LogP) is 1.38. The van der Waals surface area contributed by atoms with Crippen molar-refractivity contribution in [1.82, 2.24) is 9.62 Å². The Balaban J connectivity index is 0.00000144. The van der Waals surface area contributed by atoms with E-state index < -0.39 is 10.0 Å². The molecule has 2 heterocycles. The Morgan fingerprint density at radius 3 is 2.35 bits per heavy atom. The number of halogens is 1. The van der Waals surface area contributed by atoms with Crippen molar-refractivity contribution < 1.29 is 8.42 Å². The first kappa shape index (κ1) is 14.9. The van der Waals surface area contributed by atoms with Crippen molar-refractivity contribution in [3.8, 4) is 0 Å². The van der Waals surface area contributed by atoms with Crippen molar-refractivity contribution in [1.29, 1.82) is 0 Å². The zero-order valence-corrected chi connectivity index (χ0v) is 12.5. The van der Waals surface area contributed by atoms with Crippen LogP contribution in [0.5, 0.6) is 0 Å². The van der Waals surface area contributed by atoms with Crippen LogP contribution in [-0.2, 0) is 10.0 Å². The van der Waals surface area contributed by atoms with E-state index in [-0.39, 0.29) is 18.4 Å². The van der Waals surface area contributed by atoms with Gasteiger partial charge in [-0.2, -0.15) is 4.31 Å². The Hall–Kier alpha value is -0.140. The predicted molar refractivity (Wildman–Crippen MR) is 72.6 cm³/mol. The van der Waals surface area contributed by atoms with Gasteiger partial charge in [-0.05, 0) is 19.9 Å². The smallest absolute Gasteiger partial charge is 0.244 e.